The van der Waals surface area contributed by atoms with Gasteiger partial charge in [0, 0.05) is 18.5 Å². The average molecular weight is 416 g/mol. The molecule has 8 heteroatoms. The molecule has 0 aliphatic rings. The quantitative estimate of drug-likeness (QED) is 0.449. The predicted octanol–water partition coefficient (Wildman–Crippen LogP) is 3.99. The van der Waals surface area contributed by atoms with Gasteiger partial charge in [0.2, 0.25) is 0 Å². The summed E-state index contributed by atoms with van der Waals surface area (Å²) in [5.41, 5.74) is 4.74. The zero-order valence-corrected chi connectivity index (χ0v) is 17.5. The minimum atomic E-state index is -0.952. The smallest absolute Gasteiger partial charge is 0.354 e. The van der Waals surface area contributed by atoms with E-state index in [1.54, 1.807) is 0 Å². The molecule has 4 rings (SSSR count). The molecule has 158 valence electrons. The van der Waals surface area contributed by atoms with Gasteiger partial charge in [0.1, 0.15) is 5.82 Å². The molecule has 2 aromatic carbocycles. The van der Waals surface area contributed by atoms with E-state index in [1.165, 1.54) is 0 Å². The molecule has 0 aliphatic carbocycles. The number of carboxylic acid groups (broad SMARTS) is 1. The molecular formula is C23H24N6O2. The maximum atomic E-state index is 12.0. The van der Waals surface area contributed by atoms with Crippen molar-refractivity contribution in [3.05, 3.63) is 71.3 Å². The lowest BCUT2D eigenvalue weighted by Crippen LogP contribution is -2.14. The van der Waals surface area contributed by atoms with Gasteiger partial charge in [-0.05, 0) is 46.0 Å². The monoisotopic (exact) mass is 416 g/mol. The molecule has 0 unspecified atom stereocenters. The third kappa shape index (κ3) is 4.09. The topological polar surface area (TPSA) is 110 Å². The van der Waals surface area contributed by atoms with Gasteiger partial charge in [-0.25, -0.2) is 14.9 Å². The Kier molecular flexibility index (Phi) is 5.88. The summed E-state index contributed by atoms with van der Waals surface area (Å²) in [4.78, 5) is 16.6. The fourth-order valence-corrected chi connectivity index (χ4v) is 3.84. The number of rotatable bonds is 8. The second-order valence-corrected chi connectivity index (χ2v) is 7.31. The van der Waals surface area contributed by atoms with E-state index in [4.69, 9.17) is 0 Å². The number of imidazole rings is 1. The summed E-state index contributed by atoms with van der Waals surface area (Å²) in [6.07, 6.45) is 2.19. The molecule has 8 nitrogen and oxygen atoms in total. The van der Waals surface area contributed by atoms with Crippen LogP contribution < -0.4 is 0 Å². The van der Waals surface area contributed by atoms with E-state index in [-0.39, 0.29) is 5.69 Å². The van der Waals surface area contributed by atoms with Crippen molar-refractivity contribution in [2.45, 2.75) is 39.7 Å². The van der Waals surface area contributed by atoms with Crippen molar-refractivity contribution in [1.82, 2.24) is 30.2 Å². The van der Waals surface area contributed by atoms with Crippen molar-refractivity contribution < 1.29 is 9.90 Å². The van der Waals surface area contributed by atoms with Gasteiger partial charge in [-0.1, -0.05) is 56.3 Å². The van der Waals surface area contributed by atoms with Crippen molar-refractivity contribution in [2.75, 3.05) is 0 Å². The summed E-state index contributed by atoms with van der Waals surface area (Å²) >= 11 is 0. The van der Waals surface area contributed by atoms with Crippen LogP contribution in [0.5, 0.6) is 0 Å². The van der Waals surface area contributed by atoms with Gasteiger partial charge in [-0.3, -0.25) is 0 Å². The number of aromatic nitrogens is 6. The summed E-state index contributed by atoms with van der Waals surface area (Å²) < 4.78 is 1.82. The highest BCUT2D eigenvalue weighted by Gasteiger charge is 2.22. The van der Waals surface area contributed by atoms with Crippen LogP contribution in [0.4, 0.5) is 0 Å². The normalized spacial score (nSPS) is 11.0. The Balaban J connectivity index is 1.81. The molecular weight excluding hydrogens is 392 g/mol. The Labute approximate surface area is 180 Å². The third-order valence-corrected chi connectivity index (χ3v) is 5.24. The lowest BCUT2D eigenvalue weighted by atomic mass is 9.97. The fraction of sp³-hybridized carbons (Fsp3) is 0.261. The molecule has 0 aliphatic heterocycles. The van der Waals surface area contributed by atoms with E-state index in [1.807, 2.05) is 60.0 Å². The largest absolute Gasteiger partial charge is 0.477 e. The number of benzene rings is 2. The summed E-state index contributed by atoms with van der Waals surface area (Å²) in [6, 6.07) is 16.1. The molecule has 0 saturated carbocycles. The number of nitrogens with one attached hydrogen (secondary N) is 1. The Morgan fingerprint density at radius 3 is 2.55 bits per heavy atom. The summed E-state index contributed by atoms with van der Waals surface area (Å²) in [7, 11) is 0. The minimum Gasteiger partial charge on any atom is -0.477 e. The molecule has 0 fully saturated rings. The van der Waals surface area contributed by atoms with Crippen LogP contribution in [0, 0.1) is 0 Å². The van der Waals surface area contributed by atoms with E-state index < -0.39 is 5.97 Å². The highest BCUT2D eigenvalue weighted by molar-refractivity contribution is 5.87. The lowest BCUT2D eigenvalue weighted by molar-refractivity contribution is 0.0684. The standard InChI is InChI=1S/C23H24N6O2/c1-3-8-20-24-19(4-2)21(23(30)31)29(20)14-15-11-12-17(16-9-6-5-7-10-16)18(13-15)22-25-27-28-26-22/h5-7,9-13H,3-4,8,14H2,1-2H3,(H,30,31)(H,25,26,27,28). The Morgan fingerprint density at radius 2 is 1.90 bits per heavy atom. The van der Waals surface area contributed by atoms with Gasteiger partial charge in [0.25, 0.3) is 0 Å². The number of aromatic amines is 1. The number of nitrogens with zero attached hydrogens (tertiary/aromatic N) is 5. The minimum absolute atomic E-state index is 0.265. The van der Waals surface area contributed by atoms with Crippen LogP contribution in [-0.2, 0) is 19.4 Å². The molecule has 0 bridgehead atoms. The maximum Gasteiger partial charge on any atom is 0.354 e. The molecule has 2 aromatic heterocycles. The van der Waals surface area contributed by atoms with E-state index in [9.17, 15) is 9.90 Å². The number of tetrazole rings is 1. The molecule has 2 heterocycles. The highest BCUT2D eigenvalue weighted by Crippen LogP contribution is 2.31. The van der Waals surface area contributed by atoms with Crippen LogP contribution >= 0.6 is 0 Å². The van der Waals surface area contributed by atoms with Crippen molar-refractivity contribution in [3.8, 4) is 22.5 Å². The summed E-state index contributed by atoms with van der Waals surface area (Å²) in [5.74, 6) is 0.409. The second kappa shape index (κ2) is 8.91. The highest BCUT2D eigenvalue weighted by atomic mass is 16.4. The SMILES string of the molecule is CCCc1nc(CC)c(C(=O)O)n1Cc1ccc(-c2ccccc2)c(-c2nnn[nH]2)c1. The number of aromatic carboxylic acids is 1. The number of aryl methyl sites for hydroxylation is 2. The van der Waals surface area contributed by atoms with Gasteiger partial charge in [-0.2, -0.15) is 0 Å². The average Bonchev–Trinajstić information content (AvgIpc) is 3.43. The predicted molar refractivity (Wildman–Crippen MR) is 117 cm³/mol. The van der Waals surface area contributed by atoms with Crippen molar-refractivity contribution in [3.63, 3.8) is 0 Å². The molecule has 0 saturated heterocycles. The Morgan fingerprint density at radius 1 is 1.10 bits per heavy atom. The van der Waals surface area contributed by atoms with Gasteiger partial charge < -0.3 is 9.67 Å². The van der Waals surface area contributed by atoms with Crippen molar-refractivity contribution in [1.29, 1.82) is 0 Å². The van der Waals surface area contributed by atoms with Gasteiger partial charge in [0.15, 0.2) is 11.5 Å². The molecule has 4 aromatic rings. The van der Waals surface area contributed by atoms with Crippen LogP contribution in [-0.4, -0.2) is 41.3 Å². The van der Waals surface area contributed by atoms with Crippen molar-refractivity contribution in [2.24, 2.45) is 0 Å². The Bertz CT molecular complexity index is 1180. The molecule has 0 spiro atoms. The fourth-order valence-electron chi connectivity index (χ4n) is 3.84. The van der Waals surface area contributed by atoms with E-state index in [0.717, 1.165) is 40.9 Å². The van der Waals surface area contributed by atoms with Crippen LogP contribution in [0.15, 0.2) is 48.5 Å². The second-order valence-electron chi connectivity index (χ2n) is 7.31. The Hall–Kier alpha value is -3.81. The first-order chi connectivity index (χ1) is 15.1. The zero-order chi connectivity index (χ0) is 21.8. The lowest BCUT2D eigenvalue weighted by Gasteiger charge is -2.13. The first-order valence-corrected chi connectivity index (χ1v) is 10.4. The first kappa shape index (κ1) is 20.5. The van der Waals surface area contributed by atoms with Crippen LogP contribution in [0.2, 0.25) is 0 Å². The van der Waals surface area contributed by atoms with Gasteiger partial charge in [-0.15, -0.1) is 5.10 Å². The molecule has 2 N–H and O–H groups in total. The number of hydrogen-bond donors (Lipinski definition) is 2. The summed E-state index contributed by atoms with van der Waals surface area (Å²) in [6.45, 7) is 4.40. The third-order valence-electron chi connectivity index (χ3n) is 5.24. The molecule has 31 heavy (non-hydrogen) atoms. The van der Waals surface area contributed by atoms with Crippen LogP contribution in [0.25, 0.3) is 22.5 Å². The van der Waals surface area contributed by atoms with E-state index in [2.05, 4.69) is 32.5 Å². The van der Waals surface area contributed by atoms with Gasteiger partial charge >= 0.3 is 5.97 Å². The van der Waals surface area contributed by atoms with Crippen LogP contribution in [0.1, 0.15) is 47.8 Å². The molecule has 0 atom stereocenters. The summed E-state index contributed by atoms with van der Waals surface area (Å²) in [5, 5.41) is 24.2. The zero-order valence-electron chi connectivity index (χ0n) is 17.5. The number of H-pyrrole nitrogens is 1. The van der Waals surface area contributed by atoms with Gasteiger partial charge in [0.05, 0.1) is 5.69 Å². The molecule has 0 amide bonds. The first-order valence-electron chi connectivity index (χ1n) is 10.4. The van der Waals surface area contributed by atoms with Crippen LogP contribution in [0.3, 0.4) is 0 Å². The number of hydrogen-bond acceptors (Lipinski definition) is 5. The van der Waals surface area contributed by atoms with Crippen molar-refractivity contribution >= 4 is 5.97 Å². The van der Waals surface area contributed by atoms with E-state index in [0.29, 0.717) is 24.5 Å². The van der Waals surface area contributed by atoms with E-state index >= 15 is 0 Å². The maximum absolute atomic E-state index is 12.0. The number of carboxylic acids is 1. The number of carbonyl (C=O) groups is 1. The molecule has 0 radical (unpaired) electrons.